The van der Waals surface area contributed by atoms with E-state index in [2.05, 4.69) is 19.9 Å². The highest BCUT2D eigenvalue weighted by Crippen LogP contribution is 2.38. The van der Waals surface area contributed by atoms with E-state index in [9.17, 15) is 9.18 Å². The summed E-state index contributed by atoms with van der Waals surface area (Å²) < 4.78 is 22.4. The van der Waals surface area contributed by atoms with Crippen molar-refractivity contribution in [2.45, 2.75) is 39.3 Å². The summed E-state index contributed by atoms with van der Waals surface area (Å²) in [7, 11) is 0. The molecule has 1 aromatic carbocycles. The molecule has 1 atom stereocenters. The van der Waals surface area contributed by atoms with Crippen LogP contribution < -0.4 is 4.90 Å². The van der Waals surface area contributed by atoms with E-state index in [-0.39, 0.29) is 18.0 Å². The molecule has 3 aromatic heterocycles. The molecule has 1 unspecified atom stereocenters. The molecule has 36 heavy (non-hydrogen) atoms. The van der Waals surface area contributed by atoms with Crippen LogP contribution in [0.4, 0.5) is 15.0 Å². The molecular weight excluding hydrogens is 459 g/mol. The number of carbonyl (C=O) groups is 1. The molecule has 0 bridgehead atoms. The summed E-state index contributed by atoms with van der Waals surface area (Å²) in [6.07, 6.45) is 4.77. The quantitative estimate of drug-likeness (QED) is 0.401. The molecule has 8 nitrogen and oxygen atoms in total. The number of aromatic nitrogens is 4. The van der Waals surface area contributed by atoms with E-state index in [4.69, 9.17) is 4.74 Å². The molecule has 4 aromatic rings. The smallest absolute Gasteiger partial charge is 0.410 e. The molecule has 0 saturated carbocycles. The summed E-state index contributed by atoms with van der Waals surface area (Å²) in [6.45, 7) is 9.17. The molecule has 4 heterocycles. The fourth-order valence-corrected chi connectivity index (χ4v) is 4.58. The van der Waals surface area contributed by atoms with Crippen molar-refractivity contribution in [3.63, 3.8) is 0 Å². The van der Waals surface area contributed by atoms with E-state index < -0.39 is 5.60 Å². The van der Waals surface area contributed by atoms with Crippen LogP contribution in [0, 0.1) is 5.82 Å². The van der Waals surface area contributed by atoms with Gasteiger partial charge >= 0.3 is 6.09 Å². The zero-order chi connectivity index (χ0) is 25.4. The van der Waals surface area contributed by atoms with Gasteiger partial charge in [-0.25, -0.2) is 24.1 Å². The Morgan fingerprint density at radius 2 is 1.81 bits per heavy atom. The van der Waals surface area contributed by atoms with E-state index in [1.807, 2.05) is 62.7 Å². The fraction of sp³-hybridized carbons (Fsp3) is 0.333. The Morgan fingerprint density at radius 1 is 1.03 bits per heavy atom. The first kappa shape index (κ1) is 23.7. The van der Waals surface area contributed by atoms with Gasteiger partial charge in [-0.3, -0.25) is 4.57 Å². The Balaban J connectivity index is 1.58. The first-order valence-electron chi connectivity index (χ1n) is 12.0. The molecule has 1 amide bonds. The number of pyridine rings is 1. The molecule has 1 aliphatic rings. The third-order valence-electron chi connectivity index (χ3n) is 6.18. The largest absolute Gasteiger partial charge is 0.444 e. The maximum Gasteiger partial charge on any atom is 0.410 e. The first-order valence-corrected chi connectivity index (χ1v) is 12.0. The van der Waals surface area contributed by atoms with Crippen molar-refractivity contribution < 1.29 is 13.9 Å². The lowest BCUT2D eigenvalue weighted by Crippen LogP contribution is -2.55. The van der Waals surface area contributed by atoms with E-state index in [0.29, 0.717) is 48.0 Å². The number of hydrogen-bond acceptors (Lipinski definition) is 6. The van der Waals surface area contributed by atoms with Crippen LogP contribution in [0.3, 0.4) is 0 Å². The number of ether oxygens (including phenoxy) is 1. The summed E-state index contributed by atoms with van der Waals surface area (Å²) in [5.74, 6) is 1.05. The van der Waals surface area contributed by atoms with Gasteiger partial charge in [0.1, 0.15) is 29.4 Å². The molecule has 9 heteroatoms. The molecule has 5 rings (SSSR count). The number of carbonyl (C=O) groups excluding carboxylic acids is 1. The zero-order valence-corrected chi connectivity index (χ0v) is 20.8. The number of benzene rings is 1. The molecule has 186 valence electrons. The van der Waals surface area contributed by atoms with Crippen molar-refractivity contribution in [1.29, 1.82) is 0 Å². The standard InChI is InChI=1S/C27H29FN6O2/c1-18-15-32(13-14-33(18)26(35)36-27(2,3)4)24-23-20(19-9-5-6-10-21(19)28)16-34(25(23)31-17-30-24)22-11-7-8-12-29-22/h5-12,16-18H,13-15H2,1-4H3. The normalized spacial score (nSPS) is 16.4. The van der Waals surface area contributed by atoms with Crippen LogP contribution in [0.2, 0.25) is 0 Å². The number of amides is 1. The average molecular weight is 489 g/mol. The molecule has 1 aliphatic heterocycles. The summed E-state index contributed by atoms with van der Waals surface area (Å²) in [5, 5.41) is 0.742. The van der Waals surface area contributed by atoms with Crippen molar-refractivity contribution in [2.24, 2.45) is 0 Å². The van der Waals surface area contributed by atoms with Crippen LogP contribution in [-0.2, 0) is 4.74 Å². The van der Waals surface area contributed by atoms with Gasteiger partial charge in [-0.05, 0) is 45.9 Å². The molecule has 1 saturated heterocycles. The van der Waals surface area contributed by atoms with E-state index in [1.165, 1.54) is 12.4 Å². The topological polar surface area (TPSA) is 76.4 Å². The summed E-state index contributed by atoms with van der Waals surface area (Å²) in [5.41, 5.74) is 1.23. The second-order valence-electron chi connectivity index (χ2n) is 9.95. The van der Waals surface area contributed by atoms with Gasteiger partial charge < -0.3 is 14.5 Å². The predicted molar refractivity (Wildman–Crippen MR) is 137 cm³/mol. The van der Waals surface area contributed by atoms with Gasteiger partial charge in [-0.1, -0.05) is 24.3 Å². The summed E-state index contributed by atoms with van der Waals surface area (Å²) in [6, 6.07) is 12.2. The minimum Gasteiger partial charge on any atom is -0.444 e. The number of piperazine rings is 1. The van der Waals surface area contributed by atoms with Crippen LogP contribution in [0.25, 0.3) is 28.0 Å². The lowest BCUT2D eigenvalue weighted by atomic mass is 10.0. The maximum absolute atomic E-state index is 15.0. The molecule has 0 radical (unpaired) electrons. The van der Waals surface area contributed by atoms with E-state index in [1.54, 1.807) is 23.2 Å². The Labute approximate surface area is 209 Å². The van der Waals surface area contributed by atoms with E-state index >= 15 is 0 Å². The van der Waals surface area contributed by atoms with Gasteiger partial charge in [0.15, 0.2) is 5.65 Å². The Kier molecular flexibility index (Phi) is 6.07. The average Bonchev–Trinajstić information content (AvgIpc) is 3.23. The highest BCUT2D eigenvalue weighted by molar-refractivity contribution is 6.02. The molecule has 0 aliphatic carbocycles. The van der Waals surface area contributed by atoms with Crippen molar-refractivity contribution in [3.05, 3.63) is 67.0 Å². The highest BCUT2D eigenvalue weighted by atomic mass is 19.1. The highest BCUT2D eigenvalue weighted by Gasteiger charge is 2.33. The first-order chi connectivity index (χ1) is 17.2. The second kappa shape index (κ2) is 9.22. The van der Waals surface area contributed by atoms with Gasteiger partial charge in [0.05, 0.1) is 5.39 Å². The molecule has 0 N–H and O–H groups in total. The van der Waals surface area contributed by atoms with Crippen LogP contribution in [0.5, 0.6) is 0 Å². The Bertz CT molecular complexity index is 1400. The van der Waals surface area contributed by atoms with Gasteiger partial charge in [-0.15, -0.1) is 0 Å². The van der Waals surface area contributed by atoms with Gasteiger partial charge in [0, 0.05) is 49.2 Å². The maximum atomic E-state index is 15.0. The zero-order valence-electron chi connectivity index (χ0n) is 20.8. The fourth-order valence-electron chi connectivity index (χ4n) is 4.58. The van der Waals surface area contributed by atoms with Gasteiger partial charge in [0.2, 0.25) is 0 Å². The van der Waals surface area contributed by atoms with Crippen LogP contribution >= 0.6 is 0 Å². The van der Waals surface area contributed by atoms with Gasteiger partial charge in [0.25, 0.3) is 0 Å². The third-order valence-corrected chi connectivity index (χ3v) is 6.18. The number of halogens is 1. The van der Waals surface area contributed by atoms with Crippen LogP contribution in [-0.4, -0.2) is 61.8 Å². The minimum absolute atomic E-state index is 0.103. The van der Waals surface area contributed by atoms with Crippen molar-refractivity contribution in [2.75, 3.05) is 24.5 Å². The second-order valence-corrected chi connectivity index (χ2v) is 9.95. The van der Waals surface area contributed by atoms with Crippen LogP contribution in [0.15, 0.2) is 61.2 Å². The number of anilines is 1. The number of rotatable bonds is 3. The van der Waals surface area contributed by atoms with Crippen molar-refractivity contribution in [1.82, 2.24) is 24.4 Å². The van der Waals surface area contributed by atoms with Crippen molar-refractivity contribution >= 4 is 22.9 Å². The number of nitrogens with zero attached hydrogens (tertiary/aromatic N) is 6. The minimum atomic E-state index is -0.560. The molecule has 0 spiro atoms. The Hall–Kier alpha value is -4.01. The number of hydrogen-bond donors (Lipinski definition) is 0. The molecule has 1 fully saturated rings. The molecular formula is C27H29FN6O2. The van der Waals surface area contributed by atoms with E-state index in [0.717, 1.165) is 5.39 Å². The number of fused-ring (bicyclic) bond motifs is 1. The Morgan fingerprint density at radius 3 is 2.50 bits per heavy atom. The lowest BCUT2D eigenvalue weighted by Gasteiger charge is -2.40. The summed E-state index contributed by atoms with van der Waals surface area (Å²) >= 11 is 0. The van der Waals surface area contributed by atoms with Gasteiger partial charge in [-0.2, -0.15) is 0 Å². The third kappa shape index (κ3) is 4.48. The summed E-state index contributed by atoms with van der Waals surface area (Å²) in [4.78, 5) is 30.3. The monoisotopic (exact) mass is 488 g/mol. The lowest BCUT2D eigenvalue weighted by molar-refractivity contribution is 0.0159. The van der Waals surface area contributed by atoms with Crippen molar-refractivity contribution in [3.8, 4) is 16.9 Å². The SMILES string of the molecule is CC1CN(c2ncnc3c2c(-c2ccccc2F)cn3-c2ccccn2)CCN1C(=O)OC(C)(C)C. The van der Waals surface area contributed by atoms with Crippen LogP contribution in [0.1, 0.15) is 27.7 Å². The predicted octanol–water partition coefficient (Wildman–Crippen LogP) is 5.07.